The van der Waals surface area contributed by atoms with Gasteiger partial charge in [0.1, 0.15) is 4.90 Å². The van der Waals surface area contributed by atoms with Crippen LogP contribution in [0.4, 0.5) is 5.69 Å². The van der Waals surface area contributed by atoms with Gasteiger partial charge < -0.3 is 15.8 Å². The zero-order chi connectivity index (χ0) is 24.0. The molecule has 2 aromatic carbocycles. The van der Waals surface area contributed by atoms with Gasteiger partial charge in [0.15, 0.2) is 6.61 Å². The number of sulfonamides is 1. The third kappa shape index (κ3) is 6.31. The van der Waals surface area contributed by atoms with E-state index >= 15 is 0 Å². The lowest BCUT2D eigenvalue weighted by molar-refractivity contribution is -0.119. The number of carbonyl (C=O) groups excluding carboxylic acids is 3. The van der Waals surface area contributed by atoms with Gasteiger partial charge in [-0.2, -0.15) is 4.31 Å². The Morgan fingerprint density at radius 2 is 1.58 bits per heavy atom. The smallest absolute Gasteiger partial charge is 0.338 e. The molecule has 11 heteroatoms. The molecular formula is C22H24ClN3O6S. The number of nitrogens with one attached hydrogen (secondary N) is 1. The molecule has 9 nitrogen and oxygen atoms in total. The van der Waals surface area contributed by atoms with Crippen molar-refractivity contribution in [3.05, 3.63) is 58.6 Å². The second-order valence-corrected chi connectivity index (χ2v) is 9.84. The number of nitrogens with zero attached hydrogens (tertiary/aromatic N) is 1. The van der Waals surface area contributed by atoms with E-state index in [4.69, 9.17) is 22.1 Å². The Morgan fingerprint density at radius 1 is 0.970 bits per heavy atom. The predicted molar refractivity (Wildman–Crippen MR) is 123 cm³/mol. The van der Waals surface area contributed by atoms with Gasteiger partial charge in [-0.05, 0) is 55.3 Å². The Balaban J connectivity index is 1.65. The number of primary amides is 1. The molecule has 0 aliphatic carbocycles. The molecular weight excluding hydrogens is 470 g/mol. The van der Waals surface area contributed by atoms with Crippen LogP contribution < -0.4 is 11.1 Å². The zero-order valence-corrected chi connectivity index (χ0v) is 19.3. The van der Waals surface area contributed by atoms with Crippen molar-refractivity contribution < 1.29 is 27.5 Å². The van der Waals surface area contributed by atoms with Crippen LogP contribution in [0.2, 0.25) is 5.02 Å². The first-order chi connectivity index (χ1) is 15.7. The molecule has 1 saturated heterocycles. The fourth-order valence-electron chi connectivity index (χ4n) is 3.38. The SMILES string of the molecule is NC(=O)c1ccc(NC(=O)COC(=O)c2ccc(Cl)c(S(=O)(=O)N3CCCCCC3)c2)cc1. The van der Waals surface area contributed by atoms with Gasteiger partial charge in [-0.3, -0.25) is 9.59 Å². The molecule has 0 bridgehead atoms. The summed E-state index contributed by atoms with van der Waals surface area (Å²) in [6, 6.07) is 9.70. The Bertz CT molecular complexity index is 1140. The summed E-state index contributed by atoms with van der Waals surface area (Å²) in [5, 5.41) is 2.52. The van der Waals surface area contributed by atoms with Crippen LogP contribution in [0.3, 0.4) is 0 Å². The molecule has 2 amide bonds. The normalized spacial score (nSPS) is 14.8. The molecule has 33 heavy (non-hydrogen) atoms. The number of carbonyl (C=O) groups is 3. The lowest BCUT2D eigenvalue weighted by Gasteiger charge is -2.21. The van der Waals surface area contributed by atoms with Crippen LogP contribution in [0.15, 0.2) is 47.4 Å². The topological polar surface area (TPSA) is 136 Å². The van der Waals surface area contributed by atoms with Crippen LogP contribution in [0.25, 0.3) is 0 Å². The van der Waals surface area contributed by atoms with Crippen molar-refractivity contribution in [3.63, 3.8) is 0 Å². The summed E-state index contributed by atoms with van der Waals surface area (Å²) in [5.74, 6) is -2.07. The highest BCUT2D eigenvalue weighted by Crippen LogP contribution is 2.28. The molecule has 1 aliphatic heterocycles. The average Bonchev–Trinajstić information content (AvgIpc) is 3.08. The summed E-state index contributed by atoms with van der Waals surface area (Å²) in [5.41, 5.74) is 5.80. The highest BCUT2D eigenvalue weighted by Gasteiger charge is 2.28. The van der Waals surface area contributed by atoms with Crippen LogP contribution in [-0.2, 0) is 19.6 Å². The third-order valence-electron chi connectivity index (χ3n) is 5.14. The van der Waals surface area contributed by atoms with E-state index in [-0.39, 0.29) is 21.0 Å². The van der Waals surface area contributed by atoms with Crippen LogP contribution in [0.5, 0.6) is 0 Å². The molecule has 3 N–H and O–H groups in total. The van der Waals surface area contributed by atoms with E-state index in [0.29, 0.717) is 18.8 Å². The van der Waals surface area contributed by atoms with Crippen molar-refractivity contribution in [2.45, 2.75) is 30.6 Å². The molecule has 1 fully saturated rings. The van der Waals surface area contributed by atoms with Crippen molar-refractivity contribution in [1.82, 2.24) is 4.31 Å². The van der Waals surface area contributed by atoms with Crippen molar-refractivity contribution >= 4 is 45.1 Å². The quantitative estimate of drug-likeness (QED) is 0.569. The van der Waals surface area contributed by atoms with Crippen LogP contribution in [-0.4, -0.2) is 50.2 Å². The number of benzene rings is 2. The van der Waals surface area contributed by atoms with Crippen LogP contribution in [0.1, 0.15) is 46.4 Å². The molecule has 0 unspecified atom stereocenters. The molecule has 2 aromatic rings. The molecule has 0 atom stereocenters. The van der Waals surface area contributed by atoms with Gasteiger partial charge in [-0.25, -0.2) is 13.2 Å². The summed E-state index contributed by atoms with van der Waals surface area (Å²) < 4.78 is 32.5. The maximum Gasteiger partial charge on any atom is 0.338 e. The molecule has 0 aromatic heterocycles. The summed E-state index contributed by atoms with van der Waals surface area (Å²) in [6.45, 7) is 0.203. The highest BCUT2D eigenvalue weighted by atomic mass is 35.5. The lowest BCUT2D eigenvalue weighted by atomic mass is 10.2. The predicted octanol–water partition coefficient (Wildman–Crippen LogP) is 2.80. The van der Waals surface area contributed by atoms with Gasteiger partial charge in [-0.1, -0.05) is 24.4 Å². The Morgan fingerprint density at radius 3 is 2.18 bits per heavy atom. The first-order valence-corrected chi connectivity index (χ1v) is 12.2. The minimum Gasteiger partial charge on any atom is -0.452 e. The highest BCUT2D eigenvalue weighted by molar-refractivity contribution is 7.89. The number of anilines is 1. The second-order valence-electron chi connectivity index (χ2n) is 7.53. The van der Waals surface area contributed by atoms with E-state index in [9.17, 15) is 22.8 Å². The van der Waals surface area contributed by atoms with Crippen molar-refractivity contribution in [1.29, 1.82) is 0 Å². The van der Waals surface area contributed by atoms with E-state index in [1.54, 1.807) is 0 Å². The number of hydrogen-bond donors (Lipinski definition) is 2. The first-order valence-electron chi connectivity index (χ1n) is 10.3. The first kappa shape index (κ1) is 24.7. The average molecular weight is 494 g/mol. The van der Waals surface area contributed by atoms with E-state index in [1.807, 2.05) is 0 Å². The van der Waals surface area contributed by atoms with Gasteiger partial charge in [0.2, 0.25) is 15.9 Å². The largest absolute Gasteiger partial charge is 0.452 e. The second kappa shape index (κ2) is 10.8. The fraction of sp³-hybridized carbons (Fsp3) is 0.318. The Kier molecular flexibility index (Phi) is 8.06. The molecule has 1 heterocycles. The Hall–Kier alpha value is -2.95. The van der Waals surface area contributed by atoms with E-state index in [2.05, 4.69) is 5.32 Å². The van der Waals surface area contributed by atoms with Crippen LogP contribution >= 0.6 is 11.6 Å². The molecule has 0 radical (unpaired) electrons. The van der Waals surface area contributed by atoms with Gasteiger partial charge >= 0.3 is 5.97 Å². The number of nitrogens with two attached hydrogens (primary N) is 1. The van der Waals surface area contributed by atoms with Gasteiger partial charge in [0.25, 0.3) is 5.91 Å². The van der Waals surface area contributed by atoms with E-state index < -0.39 is 34.4 Å². The third-order valence-corrected chi connectivity index (χ3v) is 7.52. The lowest BCUT2D eigenvalue weighted by Crippen LogP contribution is -2.32. The minimum absolute atomic E-state index is 0.00736. The fourth-order valence-corrected chi connectivity index (χ4v) is 5.40. The maximum atomic E-state index is 13.1. The van der Waals surface area contributed by atoms with E-state index in [1.165, 1.54) is 46.8 Å². The van der Waals surface area contributed by atoms with Crippen LogP contribution in [0, 0.1) is 0 Å². The van der Waals surface area contributed by atoms with E-state index in [0.717, 1.165) is 25.7 Å². The molecule has 176 valence electrons. The van der Waals surface area contributed by atoms with Crippen molar-refractivity contribution in [2.24, 2.45) is 5.73 Å². The molecule has 3 rings (SSSR count). The monoisotopic (exact) mass is 493 g/mol. The maximum absolute atomic E-state index is 13.1. The number of ether oxygens (including phenoxy) is 1. The number of hydrogen-bond acceptors (Lipinski definition) is 6. The summed E-state index contributed by atoms with van der Waals surface area (Å²) in [4.78, 5) is 35.4. The van der Waals surface area contributed by atoms with Crippen molar-refractivity contribution in [2.75, 3.05) is 25.0 Å². The van der Waals surface area contributed by atoms with Gasteiger partial charge in [0.05, 0.1) is 10.6 Å². The minimum atomic E-state index is -3.87. The summed E-state index contributed by atoms with van der Waals surface area (Å²) >= 11 is 6.14. The number of amides is 2. The Labute approximate surface area is 196 Å². The number of rotatable bonds is 7. The summed E-state index contributed by atoms with van der Waals surface area (Å²) in [7, 11) is -3.87. The standard InChI is InChI=1S/C22H24ClN3O6S/c23-18-10-7-16(13-19(18)33(30,31)26-11-3-1-2-4-12-26)22(29)32-14-20(27)25-17-8-5-15(6-9-17)21(24)28/h5-10,13H,1-4,11-12,14H2,(H2,24,28)(H,25,27). The van der Waals surface area contributed by atoms with Crippen molar-refractivity contribution in [3.8, 4) is 0 Å². The summed E-state index contributed by atoms with van der Waals surface area (Å²) in [6.07, 6.45) is 3.45. The number of halogens is 1. The molecule has 0 saturated carbocycles. The van der Waals surface area contributed by atoms with Gasteiger partial charge in [0, 0.05) is 24.3 Å². The molecule has 0 spiro atoms. The molecule has 1 aliphatic rings. The zero-order valence-electron chi connectivity index (χ0n) is 17.8. The number of esters is 1. The van der Waals surface area contributed by atoms with Gasteiger partial charge in [-0.15, -0.1) is 0 Å².